The molecule has 0 aliphatic heterocycles. The summed E-state index contributed by atoms with van der Waals surface area (Å²) in [5.74, 6) is 0.518. The van der Waals surface area contributed by atoms with Gasteiger partial charge >= 0.3 is 0 Å². The minimum atomic E-state index is 0.192. The molecule has 0 rings (SSSR count). The molecule has 0 bridgehead atoms. The maximum atomic E-state index is 7.41. The van der Waals surface area contributed by atoms with E-state index in [0.29, 0.717) is 5.92 Å². The van der Waals surface area contributed by atoms with E-state index in [2.05, 4.69) is 6.58 Å². The van der Waals surface area contributed by atoms with Crippen LogP contribution in [0.1, 0.15) is 20.8 Å². The second-order valence-corrected chi connectivity index (χ2v) is 2.51. The summed E-state index contributed by atoms with van der Waals surface area (Å²) in [6, 6.07) is 0. The van der Waals surface area contributed by atoms with Crippen LogP contribution in [0.2, 0.25) is 0 Å². The number of hydrogen-bond donors (Lipinski definition) is 1. The van der Waals surface area contributed by atoms with E-state index in [1.807, 2.05) is 26.8 Å². The number of hydrogen-bond acceptors (Lipinski definition) is 2. The summed E-state index contributed by atoms with van der Waals surface area (Å²) in [6.07, 6.45) is 3.16. The average molecular weight is 153 g/mol. The zero-order valence-corrected chi connectivity index (χ0v) is 7.35. The largest absolute Gasteiger partial charge is 0.448 e. The quantitative estimate of drug-likeness (QED) is 0.377. The molecule has 0 fully saturated rings. The van der Waals surface area contributed by atoms with E-state index < -0.39 is 0 Å². The van der Waals surface area contributed by atoms with Gasteiger partial charge in [0, 0.05) is 5.57 Å². The number of nitrogens with one attached hydrogen (secondary N) is 1. The molecule has 0 saturated carbocycles. The highest BCUT2D eigenvalue weighted by Gasteiger charge is 2.07. The molecule has 2 nitrogen and oxygen atoms in total. The molecule has 11 heavy (non-hydrogen) atoms. The fraction of sp³-hybridized carbons (Fsp3) is 0.444. The third kappa shape index (κ3) is 3.03. The Bertz CT molecular complexity index is 180. The molecule has 0 aliphatic rings. The van der Waals surface area contributed by atoms with Gasteiger partial charge in [0.1, 0.15) is 0 Å². The number of ether oxygens (including phenoxy) is 1. The van der Waals surface area contributed by atoms with Crippen molar-refractivity contribution in [1.29, 1.82) is 5.41 Å². The van der Waals surface area contributed by atoms with Crippen molar-refractivity contribution in [1.82, 2.24) is 0 Å². The minimum absolute atomic E-state index is 0.192. The Balaban J connectivity index is 4.28. The van der Waals surface area contributed by atoms with Crippen LogP contribution in [0.4, 0.5) is 0 Å². The van der Waals surface area contributed by atoms with E-state index in [1.54, 1.807) is 0 Å². The summed E-state index contributed by atoms with van der Waals surface area (Å²) in [5, 5.41) is 7.41. The predicted octanol–water partition coefficient (Wildman–Crippen LogP) is 2.73. The van der Waals surface area contributed by atoms with Crippen molar-refractivity contribution >= 4 is 5.90 Å². The minimum Gasteiger partial charge on any atom is -0.448 e. The van der Waals surface area contributed by atoms with Crippen molar-refractivity contribution in [2.24, 2.45) is 5.92 Å². The molecular formula is C9H15NO. The zero-order chi connectivity index (χ0) is 8.85. The first-order valence-electron chi connectivity index (χ1n) is 3.66. The summed E-state index contributed by atoms with van der Waals surface area (Å²) in [4.78, 5) is 0. The lowest BCUT2D eigenvalue weighted by Crippen LogP contribution is -2.08. The molecule has 0 saturated heterocycles. The maximum absolute atomic E-state index is 7.41. The third-order valence-corrected chi connectivity index (χ3v) is 1.40. The van der Waals surface area contributed by atoms with Gasteiger partial charge < -0.3 is 4.74 Å². The SMILES string of the molecule is C=COC(=N)/C(=C\C)C(C)C. The van der Waals surface area contributed by atoms with Gasteiger partial charge in [-0.15, -0.1) is 0 Å². The summed E-state index contributed by atoms with van der Waals surface area (Å²) in [5.41, 5.74) is 0.907. The topological polar surface area (TPSA) is 33.1 Å². The van der Waals surface area contributed by atoms with Crippen LogP contribution in [-0.2, 0) is 4.74 Å². The third-order valence-electron chi connectivity index (χ3n) is 1.40. The lowest BCUT2D eigenvalue weighted by molar-refractivity contribution is 0.463. The molecule has 62 valence electrons. The van der Waals surface area contributed by atoms with Crippen LogP contribution in [0, 0.1) is 11.3 Å². The molecule has 0 heterocycles. The van der Waals surface area contributed by atoms with E-state index in [0.717, 1.165) is 5.57 Å². The molecule has 0 aromatic carbocycles. The molecule has 0 aromatic rings. The maximum Gasteiger partial charge on any atom is 0.214 e. The smallest absolute Gasteiger partial charge is 0.214 e. The van der Waals surface area contributed by atoms with E-state index in [9.17, 15) is 0 Å². The Morgan fingerprint density at radius 2 is 2.09 bits per heavy atom. The van der Waals surface area contributed by atoms with E-state index in [1.165, 1.54) is 6.26 Å². The standard InChI is InChI=1S/C9H15NO/c1-5-8(7(3)4)9(10)11-6-2/h5-7,10H,2H2,1,3-4H3/b8-5-,10-9?. The fourth-order valence-electron chi connectivity index (χ4n) is 0.878. The second kappa shape index (κ2) is 4.72. The van der Waals surface area contributed by atoms with Crippen molar-refractivity contribution in [3.63, 3.8) is 0 Å². The predicted molar refractivity (Wildman–Crippen MR) is 47.6 cm³/mol. The normalized spacial score (nSPS) is 11.5. The molecule has 0 aromatic heterocycles. The van der Waals surface area contributed by atoms with Crippen molar-refractivity contribution in [3.05, 3.63) is 24.5 Å². The van der Waals surface area contributed by atoms with Crippen LogP contribution < -0.4 is 0 Å². The number of allylic oxidation sites excluding steroid dienone is 1. The fourth-order valence-corrected chi connectivity index (χ4v) is 0.878. The highest BCUT2D eigenvalue weighted by molar-refractivity contribution is 5.91. The van der Waals surface area contributed by atoms with Gasteiger partial charge in [-0.05, 0) is 12.8 Å². The first kappa shape index (κ1) is 9.95. The summed E-state index contributed by atoms with van der Waals surface area (Å²) in [7, 11) is 0. The van der Waals surface area contributed by atoms with Crippen LogP contribution >= 0.6 is 0 Å². The highest BCUT2D eigenvalue weighted by Crippen LogP contribution is 2.11. The molecule has 0 aliphatic carbocycles. The second-order valence-electron chi connectivity index (χ2n) is 2.51. The molecular weight excluding hydrogens is 138 g/mol. The van der Waals surface area contributed by atoms with Gasteiger partial charge in [-0.1, -0.05) is 26.5 Å². The molecule has 0 spiro atoms. The highest BCUT2D eigenvalue weighted by atomic mass is 16.5. The summed E-state index contributed by atoms with van der Waals surface area (Å²) in [6.45, 7) is 9.33. The Hall–Kier alpha value is -1.05. The molecule has 1 N–H and O–H groups in total. The molecule has 0 amide bonds. The van der Waals surface area contributed by atoms with Crippen molar-refractivity contribution < 1.29 is 4.74 Å². The first-order valence-corrected chi connectivity index (χ1v) is 3.66. The molecule has 0 unspecified atom stereocenters. The molecule has 0 radical (unpaired) electrons. The zero-order valence-electron chi connectivity index (χ0n) is 7.35. The van der Waals surface area contributed by atoms with Crippen molar-refractivity contribution in [2.75, 3.05) is 0 Å². The molecule has 2 heteroatoms. The first-order chi connectivity index (χ1) is 5.13. The van der Waals surface area contributed by atoms with Crippen LogP contribution in [0.5, 0.6) is 0 Å². The average Bonchev–Trinajstić information content (AvgIpc) is 1.88. The van der Waals surface area contributed by atoms with Crippen molar-refractivity contribution in [3.8, 4) is 0 Å². The van der Waals surface area contributed by atoms with E-state index in [4.69, 9.17) is 10.1 Å². The molecule has 0 atom stereocenters. The lowest BCUT2D eigenvalue weighted by Gasteiger charge is -2.09. The van der Waals surface area contributed by atoms with Crippen LogP contribution in [0.15, 0.2) is 24.5 Å². The summed E-state index contributed by atoms with van der Waals surface area (Å²) < 4.78 is 4.84. The Labute approximate surface area is 68.1 Å². The van der Waals surface area contributed by atoms with Crippen LogP contribution in [-0.4, -0.2) is 5.90 Å². The van der Waals surface area contributed by atoms with Gasteiger partial charge in [0.05, 0.1) is 6.26 Å². The van der Waals surface area contributed by atoms with E-state index in [-0.39, 0.29) is 5.90 Å². The van der Waals surface area contributed by atoms with E-state index >= 15 is 0 Å². The van der Waals surface area contributed by atoms with Crippen LogP contribution in [0.25, 0.3) is 0 Å². The van der Waals surface area contributed by atoms with Crippen molar-refractivity contribution in [2.45, 2.75) is 20.8 Å². The summed E-state index contributed by atoms with van der Waals surface area (Å²) >= 11 is 0. The Kier molecular flexibility index (Phi) is 4.27. The van der Waals surface area contributed by atoms with Gasteiger partial charge in [-0.2, -0.15) is 0 Å². The van der Waals surface area contributed by atoms with Gasteiger partial charge in [-0.25, -0.2) is 0 Å². The van der Waals surface area contributed by atoms with Gasteiger partial charge in [-0.3, -0.25) is 5.41 Å². The van der Waals surface area contributed by atoms with Gasteiger partial charge in [0.25, 0.3) is 0 Å². The monoisotopic (exact) mass is 153 g/mol. The lowest BCUT2D eigenvalue weighted by atomic mass is 10.0. The van der Waals surface area contributed by atoms with Gasteiger partial charge in [0.2, 0.25) is 5.90 Å². The Morgan fingerprint density at radius 3 is 2.36 bits per heavy atom. The Morgan fingerprint density at radius 1 is 1.55 bits per heavy atom. The number of rotatable bonds is 3. The van der Waals surface area contributed by atoms with Gasteiger partial charge in [0.15, 0.2) is 0 Å². The van der Waals surface area contributed by atoms with Crippen LogP contribution in [0.3, 0.4) is 0 Å².